The summed E-state index contributed by atoms with van der Waals surface area (Å²) in [7, 11) is 1.21. The molecule has 0 bridgehead atoms. The van der Waals surface area contributed by atoms with Crippen molar-refractivity contribution in [3.05, 3.63) is 92.5 Å². The smallest absolute Gasteiger partial charge is 0.416 e. The zero-order chi connectivity index (χ0) is 32.1. The first-order valence-electron chi connectivity index (χ1n) is 12.1. The normalized spacial score (nSPS) is 17.7. The number of non-ortho nitro benzene ring substituents is 1. The maximum atomic E-state index is 13.6. The van der Waals surface area contributed by atoms with E-state index in [9.17, 15) is 54.4 Å². The molecule has 3 aromatic carbocycles. The summed E-state index contributed by atoms with van der Waals surface area (Å²) in [6.45, 7) is 0.580. The van der Waals surface area contributed by atoms with Crippen molar-refractivity contribution < 1.29 is 58.7 Å². The molecule has 0 aliphatic carbocycles. The zero-order valence-electron chi connectivity index (χ0n) is 21.9. The molecule has 1 amide bonds. The second-order valence-electron chi connectivity index (χ2n) is 9.52. The fraction of sp³-hybridized carbons (Fsp3) is 0.296. The van der Waals surface area contributed by atoms with Crippen LogP contribution < -0.4 is 4.74 Å². The molecule has 43 heavy (non-hydrogen) atoms. The average Bonchev–Trinajstić information content (AvgIpc) is 3.19. The minimum atomic E-state index is -5.17. The highest BCUT2D eigenvalue weighted by molar-refractivity contribution is 5.77. The molecule has 2 atom stereocenters. The minimum absolute atomic E-state index is 0.00936. The number of nitro groups is 1. The van der Waals surface area contributed by atoms with Crippen LogP contribution in [0.4, 0.5) is 50.0 Å². The second-order valence-corrected chi connectivity index (χ2v) is 9.52. The van der Waals surface area contributed by atoms with Gasteiger partial charge in [-0.3, -0.25) is 15.0 Å². The first-order valence-corrected chi connectivity index (χ1v) is 12.1. The van der Waals surface area contributed by atoms with Gasteiger partial charge in [0.1, 0.15) is 11.9 Å². The van der Waals surface area contributed by atoms with Crippen LogP contribution in [-0.2, 0) is 29.8 Å². The van der Waals surface area contributed by atoms with Crippen molar-refractivity contribution in [2.75, 3.05) is 7.11 Å². The summed E-state index contributed by atoms with van der Waals surface area (Å²) in [6, 6.07) is 5.18. The van der Waals surface area contributed by atoms with E-state index in [0.717, 1.165) is 23.1 Å². The number of carbonyl (C=O) groups excluding carboxylic acids is 1. The molecule has 7 nitrogen and oxygen atoms in total. The predicted octanol–water partition coefficient (Wildman–Crippen LogP) is 8.41. The van der Waals surface area contributed by atoms with E-state index in [1.165, 1.54) is 20.1 Å². The highest BCUT2D eigenvalue weighted by Gasteiger charge is 2.44. The largest absolute Gasteiger partial charge is 0.496 e. The number of benzene rings is 3. The molecule has 1 fully saturated rings. The SMILES string of the molecule is COc1ccc([N+](=O)[O-])cc1-c1ccc(C(F)(F)F)cc1CN1C(=O)O[C@H](c2cc(C(F)(F)F)cc(C(F)(F)F)c2)[C@@H]1C. The molecule has 230 valence electrons. The Balaban J connectivity index is 1.80. The molecule has 1 heterocycles. The van der Waals surface area contributed by atoms with Gasteiger partial charge in [0.2, 0.25) is 0 Å². The van der Waals surface area contributed by atoms with Crippen LogP contribution in [0.1, 0.15) is 40.8 Å². The number of hydrogen-bond donors (Lipinski definition) is 0. The summed E-state index contributed by atoms with van der Waals surface area (Å²) in [4.78, 5) is 24.3. The number of methoxy groups -OCH3 is 1. The first-order chi connectivity index (χ1) is 19.8. The maximum absolute atomic E-state index is 13.6. The van der Waals surface area contributed by atoms with Gasteiger partial charge in [-0.2, -0.15) is 39.5 Å². The van der Waals surface area contributed by atoms with Gasteiger partial charge in [0, 0.05) is 17.7 Å². The van der Waals surface area contributed by atoms with E-state index in [4.69, 9.17) is 9.47 Å². The molecule has 3 aromatic rings. The molecule has 1 aliphatic heterocycles. The minimum Gasteiger partial charge on any atom is -0.496 e. The predicted molar refractivity (Wildman–Crippen MR) is 131 cm³/mol. The van der Waals surface area contributed by atoms with Gasteiger partial charge in [0.15, 0.2) is 0 Å². The van der Waals surface area contributed by atoms with Crippen molar-refractivity contribution in [1.82, 2.24) is 4.90 Å². The average molecular weight is 622 g/mol. The van der Waals surface area contributed by atoms with Gasteiger partial charge in [-0.1, -0.05) is 6.07 Å². The Bertz CT molecular complexity index is 1540. The standard InChI is InChI=1S/C27H19F9N2O5/c1-13-23(14-7-17(26(31,32)33)10-18(8-14)27(34,35)36)43-24(39)37(13)12-15-9-16(25(28,29)30)3-5-20(15)21-11-19(38(40)41)4-6-22(21)42-2/h3-11,13,23H,12H2,1-2H3/t13-,23-/m0/s1. The van der Waals surface area contributed by atoms with Crippen LogP contribution in [0.25, 0.3) is 11.1 Å². The number of nitro benzene ring substituents is 1. The lowest BCUT2D eigenvalue weighted by Gasteiger charge is -2.24. The number of halogens is 9. The van der Waals surface area contributed by atoms with E-state index in [0.29, 0.717) is 24.3 Å². The van der Waals surface area contributed by atoms with Crippen molar-refractivity contribution >= 4 is 11.8 Å². The van der Waals surface area contributed by atoms with Crippen molar-refractivity contribution in [1.29, 1.82) is 0 Å². The highest BCUT2D eigenvalue weighted by atomic mass is 19.4. The molecule has 0 unspecified atom stereocenters. The third-order valence-corrected chi connectivity index (χ3v) is 6.79. The number of cyclic esters (lactones) is 1. The Morgan fingerprint density at radius 3 is 1.93 bits per heavy atom. The van der Waals surface area contributed by atoms with E-state index < -0.39 is 76.2 Å². The van der Waals surface area contributed by atoms with Crippen molar-refractivity contribution in [3.63, 3.8) is 0 Å². The number of carbonyl (C=O) groups is 1. The zero-order valence-corrected chi connectivity index (χ0v) is 21.9. The number of hydrogen-bond acceptors (Lipinski definition) is 5. The number of rotatable bonds is 6. The van der Waals surface area contributed by atoms with Crippen LogP contribution >= 0.6 is 0 Å². The van der Waals surface area contributed by atoms with Crippen molar-refractivity contribution in [2.45, 2.75) is 44.1 Å². The van der Waals surface area contributed by atoms with E-state index in [1.54, 1.807) is 0 Å². The first kappa shape index (κ1) is 31.4. The molecule has 16 heteroatoms. The summed E-state index contributed by atoms with van der Waals surface area (Å²) < 4.78 is 132. The Kier molecular flexibility index (Phi) is 8.02. The van der Waals surface area contributed by atoms with Crippen LogP contribution in [0.2, 0.25) is 0 Å². The van der Waals surface area contributed by atoms with Gasteiger partial charge in [-0.25, -0.2) is 4.79 Å². The molecule has 4 rings (SSSR count). The summed E-state index contributed by atoms with van der Waals surface area (Å²) in [5.74, 6) is 0.0326. The van der Waals surface area contributed by atoms with Gasteiger partial charge in [-0.05, 0) is 60.0 Å². The lowest BCUT2D eigenvalue weighted by atomic mass is 9.94. The molecule has 0 N–H and O–H groups in total. The molecule has 1 saturated heterocycles. The molecule has 1 aliphatic rings. The Hall–Kier alpha value is -4.50. The summed E-state index contributed by atoms with van der Waals surface area (Å²) in [6.07, 6.45) is -18.1. The van der Waals surface area contributed by atoms with E-state index in [-0.39, 0.29) is 28.5 Å². The lowest BCUT2D eigenvalue weighted by Crippen LogP contribution is -2.32. The summed E-state index contributed by atoms with van der Waals surface area (Å²) in [5.41, 5.74) is -5.73. The van der Waals surface area contributed by atoms with Gasteiger partial charge in [0.05, 0.1) is 41.3 Å². The summed E-state index contributed by atoms with van der Waals surface area (Å²) >= 11 is 0. The van der Waals surface area contributed by atoms with Crippen LogP contribution in [0, 0.1) is 10.1 Å². The molecule has 0 aromatic heterocycles. The van der Waals surface area contributed by atoms with Gasteiger partial charge >= 0.3 is 24.6 Å². The van der Waals surface area contributed by atoms with Gasteiger partial charge < -0.3 is 9.47 Å². The fourth-order valence-electron chi connectivity index (χ4n) is 4.67. The van der Waals surface area contributed by atoms with Gasteiger partial charge in [0.25, 0.3) is 5.69 Å². The van der Waals surface area contributed by atoms with Crippen molar-refractivity contribution in [3.8, 4) is 16.9 Å². The fourth-order valence-corrected chi connectivity index (χ4v) is 4.67. The molecule has 0 radical (unpaired) electrons. The van der Waals surface area contributed by atoms with Crippen LogP contribution in [0.5, 0.6) is 5.75 Å². The highest BCUT2D eigenvalue weighted by Crippen LogP contribution is 2.43. The number of ether oxygens (including phenoxy) is 2. The second kappa shape index (κ2) is 11.0. The Morgan fingerprint density at radius 1 is 0.837 bits per heavy atom. The van der Waals surface area contributed by atoms with E-state index in [2.05, 4.69) is 0 Å². The molecular weight excluding hydrogens is 603 g/mol. The van der Waals surface area contributed by atoms with E-state index >= 15 is 0 Å². The Morgan fingerprint density at radius 2 is 1.42 bits per heavy atom. The summed E-state index contributed by atoms with van der Waals surface area (Å²) in [5, 5.41) is 11.4. The topological polar surface area (TPSA) is 81.9 Å². The van der Waals surface area contributed by atoms with Gasteiger partial charge in [-0.15, -0.1) is 0 Å². The number of alkyl halides is 9. The molecule has 0 saturated carbocycles. The monoisotopic (exact) mass is 622 g/mol. The quantitative estimate of drug-likeness (QED) is 0.157. The third kappa shape index (κ3) is 6.46. The van der Waals surface area contributed by atoms with Crippen LogP contribution in [-0.4, -0.2) is 29.1 Å². The number of nitrogens with zero attached hydrogens (tertiary/aromatic N) is 2. The van der Waals surface area contributed by atoms with Crippen LogP contribution in [0.15, 0.2) is 54.6 Å². The van der Waals surface area contributed by atoms with Crippen molar-refractivity contribution in [2.24, 2.45) is 0 Å². The van der Waals surface area contributed by atoms with Crippen LogP contribution in [0.3, 0.4) is 0 Å². The molecular formula is C27H19F9N2O5. The third-order valence-electron chi connectivity index (χ3n) is 6.79. The Labute approximate surface area is 236 Å². The number of amides is 1. The molecule has 0 spiro atoms. The van der Waals surface area contributed by atoms with E-state index in [1.807, 2.05) is 0 Å². The maximum Gasteiger partial charge on any atom is 0.416 e. The lowest BCUT2D eigenvalue weighted by molar-refractivity contribution is -0.384.